The number of aromatic nitrogens is 1. The number of pyridine rings is 1. The molecule has 0 spiro atoms. The highest BCUT2D eigenvalue weighted by molar-refractivity contribution is 6.00. The zero-order valence-electron chi connectivity index (χ0n) is 7.23. The normalized spacial score (nSPS) is 9.71. The van der Waals surface area contributed by atoms with Gasteiger partial charge in [-0.1, -0.05) is 0 Å². The van der Waals surface area contributed by atoms with E-state index >= 15 is 0 Å². The lowest BCUT2D eigenvalue weighted by atomic mass is 10.1. The molecule has 0 saturated carbocycles. The summed E-state index contributed by atoms with van der Waals surface area (Å²) >= 11 is 0. The van der Waals surface area contributed by atoms with Crippen LogP contribution in [0.25, 0.3) is 0 Å². The summed E-state index contributed by atoms with van der Waals surface area (Å²) in [6.45, 7) is 0. The number of nitrogens with two attached hydrogens (primary N) is 2. The summed E-state index contributed by atoms with van der Waals surface area (Å²) in [6, 6.07) is 0. The van der Waals surface area contributed by atoms with E-state index in [2.05, 4.69) is 4.98 Å². The minimum atomic E-state index is -1.07. The van der Waals surface area contributed by atoms with Crippen LogP contribution in [0, 0.1) is 0 Å². The van der Waals surface area contributed by atoms with E-state index in [1.807, 2.05) is 0 Å². The van der Waals surface area contributed by atoms with E-state index in [1.54, 1.807) is 0 Å². The Bertz CT molecular complexity index is 389. The van der Waals surface area contributed by atoms with Crippen LogP contribution < -0.4 is 11.5 Å². The molecule has 74 valence electrons. The lowest BCUT2D eigenvalue weighted by Gasteiger charge is -2.05. The molecule has 1 rings (SSSR count). The summed E-state index contributed by atoms with van der Waals surface area (Å²) in [5, 5.41) is 8.54. The number of hydrogen-bond acceptors (Lipinski definition) is 4. The molecule has 0 fully saturated rings. The van der Waals surface area contributed by atoms with Crippen LogP contribution in [-0.4, -0.2) is 22.0 Å². The summed E-state index contributed by atoms with van der Waals surface area (Å²) in [5.74, 6) is -1.82. The number of nitrogen functional groups attached to an aromatic ring is 1. The Kier molecular flexibility index (Phi) is 2.66. The maximum Gasteiger partial charge on any atom is 0.307 e. The van der Waals surface area contributed by atoms with Crippen molar-refractivity contribution in [3.63, 3.8) is 0 Å². The molecule has 1 aromatic rings. The van der Waals surface area contributed by atoms with Gasteiger partial charge in [0.05, 0.1) is 23.9 Å². The third-order valence-electron chi connectivity index (χ3n) is 1.64. The fourth-order valence-corrected chi connectivity index (χ4v) is 1.12. The monoisotopic (exact) mass is 195 g/mol. The number of carbonyl (C=O) groups is 2. The topological polar surface area (TPSA) is 119 Å². The zero-order valence-corrected chi connectivity index (χ0v) is 7.23. The molecule has 0 unspecified atom stereocenters. The first-order valence-electron chi connectivity index (χ1n) is 3.76. The molecule has 0 saturated heterocycles. The standard InChI is InChI=1S/C8H9N3O3/c9-5-3-11-2-4(1-6(12)13)7(5)8(10)14/h2-3H,1,9H2,(H2,10,14)(H,12,13). The molecule has 1 aromatic heterocycles. The number of amides is 1. The molecule has 1 heterocycles. The Hall–Kier alpha value is -2.11. The van der Waals surface area contributed by atoms with E-state index in [1.165, 1.54) is 12.4 Å². The van der Waals surface area contributed by atoms with E-state index in [4.69, 9.17) is 16.6 Å². The van der Waals surface area contributed by atoms with E-state index < -0.39 is 11.9 Å². The van der Waals surface area contributed by atoms with Crippen LogP contribution >= 0.6 is 0 Å². The highest BCUT2D eigenvalue weighted by Gasteiger charge is 2.14. The molecule has 0 bridgehead atoms. The van der Waals surface area contributed by atoms with Crippen molar-refractivity contribution in [1.29, 1.82) is 0 Å². The maximum absolute atomic E-state index is 10.9. The number of carboxylic acid groups (broad SMARTS) is 1. The number of carboxylic acids is 1. The maximum atomic E-state index is 10.9. The van der Waals surface area contributed by atoms with Crippen molar-refractivity contribution in [2.75, 3.05) is 5.73 Å². The van der Waals surface area contributed by atoms with Gasteiger partial charge in [0.1, 0.15) is 0 Å². The Balaban J connectivity index is 3.21. The van der Waals surface area contributed by atoms with Gasteiger partial charge in [-0.05, 0) is 5.56 Å². The molecule has 0 aliphatic rings. The van der Waals surface area contributed by atoms with Gasteiger partial charge < -0.3 is 16.6 Å². The van der Waals surface area contributed by atoms with Gasteiger partial charge in [0.15, 0.2) is 0 Å². The van der Waals surface area contributed by atoms with E-state index in [9.17, 15) is 9.59 Å². The first kappa shape index (κ1) is 9.97. The van der Waals surface area contributed by atoms with E-state index in [0.29, 0.717) is 0 Å². The first-order valence-corrected chi connectivity index (χ1v) is 3.76. The second-order valence-electron chi connectivity index (χ2n) is 2.70. The molecule has 0 aliphatic heterocycles. The quantitative estimate of drug-likeness (QED) is 0.594. The van der Waals surface area contributed by atoms with Crippen molar-refractivity contribution in [3.8, 4) is 0 Å². The van der Waals surface area contributed by atoms with Gasteiger partial charge in [-0.2, -0.15) is 0 Å². The molecule has 6 heteroatoms. The highest BCUT2D eigenvalue weighted by Crippen LogP contribution is 2.15. The molecule has 5 N–H and O–H groups in total. The smallest absolute Gasteiger partial charge is 0.307 e. The van der Waals surface area contributed by atoms with Crippen molar-refractivity contribution < 1.29 is 14.7 Å². The third kappa shape index (κ3) is 1.98. The van der Waals surface area contributed by atoms with E-state index in [0.717, 1.165) is 0 Å². The molecular formula is C8H9N3O3. The highest BCUT2D eigenvalue weighted by atomic mass is 16.4. The summed E-state index contributed by atoms with van der Waals surface area (Å²) < 4.78 is 0. The van der Waals surface area contributed by atoms with Gasteiger partial charge in [0.25, 0.3) is 5.91 Å². The summed E-state index contributed by atoms with van der Waals surface area (Å²) in [7, 11) is 0. The Morgan fingerprint density at radius 1 is 1.43 bits per heavy atom. The molecule has 6 nitrogen and oxygen atoms in total. The van der Waals surface area contributed by atoms with Crippen LogP contribution in [0.15, 0.2) is 12.4 Å². The third-order valence-corrected chi connectivity index (χ3v) is 1.64. The van der Waals surface area contributed by atoms with Gasteiger partial charge in [-0.3, -0.25) is 14.6 Å². The van der Waals surface area contributed by atoms with Gasteiger partial charge >= 0.3 is 5.97 Å². The van der Waals surface area contributed by atoms with Crippen LogP contribution in [0.5, 0.6) is 0 Å². The second kappa shape index (κ2) is 3.73. The lowest BCUT2D eigenvalue weighted by Crippen LogP contribution is -2.18. The molecule has 0 atom stereocenters. The summed E-state index contributed by atoms with van der Waals surface area (Å²) in [5.41, 5.74) is 10.8. The van der Waals surface area contributed by atoms with Gasteiger partial charge in [0.2, 0.25) is 0 Å². The van der Waals surface area contributed by atoms with Crippen molar-refractivity contribution in [3.05, 3.63) is 23.5 Å². The average molecular weight is 195 g/mol. The fraction of sp³-hybridized carbons (Fsp3) is 0.125. The van der Waals surface area contributed by atoms with Crippen LogP contribution in [0.1, 0.15) is 15.9 Å². The van der Waals surface area contributed by atoms with Crippen molar-refractivity contribution in [1.82, 2.24) is 4.98 Å². The van der Waals surface area contributed by atoms with Gasteiger partial charge in [0, 0.05) is 6.20 Å². The molecule has 1 amide bonds. The predicted molar refractivity (Wildman–Crippen MR) is 48.5 cm³/mol. The number of aliphatic carboxylic acids is 1. The Labute approximate surface area is 79.5 Å². The lowest BCUT2D eigenvalue weighted by molar-refractivity contribution is -0.136. The minimum absolute atomic E-state index is 0.0300. The predicted octanol–water partition coefficient (Wildman–Crippen LogP) is -0.610. The molecule has 0 aromatic carbocycles. The van der Waals surface area contributed by atoms with Crippen molar-refractivity contribution in [2.24, 2.45) is 5.73 Å². The number of primary amides is 1. The number of hydrogen-bond donors (Lipinski definition) is 3. The number of carbonyl (C=O) groups excluding carboxylic acids is 1. The van der Waals surface area contributed by atoms with Gasteiger partial charge in [-0.15, -0.1) is 0 Å². The minimum Gasteiger partial charge on any atom is -0.481 e. The van der Waals surface area contributed by atoms with Crippen LogP contribution in [0.4, 0.5) is 5.69 Å². The molecule has 0 aliphatic carbocycles. The fourth-order valence-electron chi connectivity index (χ4n) is 1.12. The van der Waals surface area contributed by atoms with Crippen molar-refractivity contribution >= 4 is 17.6 Å². The molecule has 14 heavy (non-hydrogen) atoms. The SMILES string of the molecule is NC(=O)c1c(N)cncc1CC(=O)O. The zero-order chi connectivity index (χ0) is 10.7. The number of nitrogens with zero attached hydrogens (tertiary/aromatic N) is 1. The van der Waals surface area contributed by atoms with Crippen LogP contribution in [0.2, 0.25) is 0 Å². The second-order valence-corrected chi connectivity index (χ2v) is 2.70. The molecular weight excluding hydrogens is 186 g/mol. The molecule has 0 radical (unpaired) electrons. The largest absolute Gasteiger partial charge is 0.481 e. The van der Waals surface area contributed by atoms with Crippen LogP contribution in [-0.2, 0) is 11.2 Å². The summed E-state index contributed by atoms with van der Waals surface area (Å²) in [6.07, 6.45) is 2.20. The number of rotatable bonds is 3. The van der Waals surface area contributed by atoms with E-state index in [-0.39, 0.29) is 23.2 Å². The Morgan fingerprint density at radius 3 is 2.57 bits per heavy atom. The summed E-state index contributed by atoms with van der Waals surface area (Å²) in [4.78, 5) is 25.1. The van der Waals surface area contributed by atoms with Gasteiger partial charge in [-0.25, -0.2) is 0 Å². The number of anilines is 1. The Morgan fingerprint density at radius 2 is 2.07 bits per heavy atom. The first-order chi connectivity index (χ1) is 6.52. The van der Waals surface area contributed by atoms with Crippen molar-refractivity contribution in [2.45, 2.75) is 6.42 Å². The van der Waals surface area contributed by atoms with Crippen LogP contribution in [0.3, 0.4) is 0 Å². The average Bonchev–Trinajstić information content (AvgIpc) is 2.01.